The molecule has 1 aromatic carbocycles. The summed E-state index contributed by atoms with van der Waals surface area (Å²) < 4.78 is 4.95. The van der Waals surface area contributed by atoms with Crippen LogP contribution in [0, 0.1) is 0 Å². The quantitative estimate of drug-likeness (QED) is 0.617. The molecule has 0 aliphatic rings. The number of benzene rings is 1. The molecule has 0 radical (unpaired) electrons. The molecule has 0 saturated heterocycles. The van der Waals surface area contributed by atoms with E-state index in [4.69, 9.17) is 9.84 Å². The first-order valence-electron chi connectivity index (χ1n) is 5.19. The largest absolute Gasteiger partial charge is 0.497 e. The normalized spacial score (nSPS) is 11.9. The number of hydrogen-bond acceptors (Lipinski definition) is 4. The van der Waals surface area contributed by atoms with E-state index in [1.54, 1.807) is 6.07 Å². The predicted molar refractivity (Wildman–Crippen MR) is 68.3 cm³/mol. The van der Waals surface area contributed by atoms with Crippen molar-refractivity contribution in [3.8, 4) is 5.75 Å². The van der Waals surface area contributed by atoms with Crippen LogP contribution in [0.4, 0.5) is 0 Å². The molecule has 0 fully saturated rings. The summed E-state index contributed by atoms with van der Waals surface area (Å²) in [5, 5.41) is 18.9. The van der Waals surface area contributed by atoms with Crippen LogP contribution in [0.15, 0.2) is 18.2 Å². The van der Waals surface area contributed by atoms with Crippen LogP contribution in [0.1, 0.15) is 28.4 Å². The number of rotatable bonds is 6. The summed E-state index contributed by atoms with van der Waals surface area (Å²) in [6.07, 6.45) is -1.51. The summed E-state index contributed by atoms with van der Waals surface area (Å²) in [5.41, 5.74) is 0.248. The Labute approximate surface area is 113 Å². The van der Waals surface area contributed by atoms with Gasteiger partial charge in [-0.1, -0.05) is 15.9 Å². The second-order valence-electron chi connectivity index (χ2n) is 3.56. The van der Waals surface area contributed by atoms with E-state index in [2.05, 4.69) is 15.9 Å². The van der Waals surface area contributed by atoms with Gasteiger partial charge in [-0.3, -0.25) is 4.79 Å². The van der Waals surface area contributed by atoms with Gasteiger partial charge in [0.15, 0.2) is 11.9 Å². The molecule has 0 saturated carbocycles. The van der Waals surface area contributed by atoms with Gasteiger partial charge in [-0.15, -0.1) is 0 Å². The summed E-state index contributed by atoms with van der Waals surface area (Å²) in [7, 11) is 1.42. The highest BCUT2D eigenvalue weighted by molar-refractivity contribution is 9.09. The van der Waals surface area contributed by atoms with Crippen molar-refractivity contribution in [1.82, 2.24) is 0 Å². The van der Waals surface area contributed by atoms with E-state index in [0.29, 0.717) is 11.1 Å². The standard InChI is InChI=1S/C12H13BrO5/c1-18-7-2-3-8(10(14)4-5-13)9(6-7)11(15)12(16)17/h2-3,6,11,15H,4-5H2,1H3,(H,16,17). The topological polar surface area (TPSA) is 83.8 Å². The van der Waals surface area contributed by atoms with Crippen LogP contribution in [-0.4, -0.2) is 34.4 Å². The second-order valence-corrected chi connectivity index (χ2v) is 4.35. The van der Waals surface area contributed by atoms with Crippen LogP contribution < -0.4 is 4.74 Å². The highest BCUT2D eigenvalue weighted by atomic mass is 79.9. The molecule has 1 unspecified atom stereocenters. The van der Waals surface area contributed by atoms with Gasteiger partial charge in [0.2, 0.25) is 0 Å². The number of alkyl halides is 1. The van der Waals surface area contributed by atoms with Crippen molar-refractivity contribution in [2.24, 2.45) is 0 Å². The van der Waals surface area contributed by atoms with Gasteiger partial charge in [-0.2, -0.15) is 0 Å². The molecule has 0 amide bonds. The smallest absolute Gasteiger partial charge is 0.337 e. The van der Waals surface area contributed by atoms with Crippen LogP contribution in [0.2, 0.25) is 0 Å². The molecule has 0 heterocycles. The maximum Gasteiger partial charge on any atom is 0.337 e. The maximum atomic E-state index is 11.8. The molecular formula is C12H13BrO5. The molecule has 1 rings (SSSR count). The lowest BCUT2D eigenvalue weighted by atomic mass is 9.97. The number of methoxy groups -OCH3 is 1. The number of carboxylic acids is 1. The summed E-state index contributed by atoms with van der Waals surface area (Å²) in [6.45, 7) is 0. The van der Waals surface area contributed by atoms with Crippen LogP contribution in [-0.2, 0) is 4.79 Å². The molecule has 1 aromatic rings. The van der Waals surface area contributed by atoms with Gasteiger partial charge in [0.25, 0.3) is 0 Å². The first kappa shape index (κ1) is 14.7. The van der Waals surface area contributed by atoms with Gasteiger partial charge < -0.3 is 14.9 Å². The lowest BCUT2D eigenvalue weighted by Crippen LogP contribution is -2.15. The lowest BCUT2D eigenvalue weighted by molar-refractivity contribution is -0.146. The summed E-state index contributed by atoms with van der Waals surface area (Å²) in [4.78, 5) is 22.6. The van der Waals surface area contributed by atoms with Gasteiger partial charge in [0.1, 0.15) is 5.75 Å². The van der Waals surface area contributed by atoms with Gasteiger partial charge in [-0.25, -0.2) is 4.79 Å². The number of Topliss-reactive ketones (excluding diaryl/α,β-unsaturated/α-hetero) is 1. The van der Waals surface area contributed by atoms with E-state index in [0.717, 1.165) is 0 Å². The molecule has 2 N–H and O–H groups in total. The van der Waals surface area contributed by atoms with Gasteiger partial charge >= 0.3 is 5.97 Å². The molecule has 0 spiro atoms. The average Bonchev–Trinajstić information content (AvgIpc) is 2.37. The lowest BCUT2D eigenvalue weighted by Gasteiger charge is -2.13. The third kappa shape index (κ3) is 3.30. The van der Waals surface area contributed by atoms with Crippen molar-refractivity contribution in [2.45, 2.75) is 12.5 Å². The number of aliphatic hydroxyl groups excluding tert-OH is 1. The van der Waals surface area contributed by atoms with Gasteiger partial charge in [0, 0.05) is 22.9 Å². The second kappa shape index (κ2) is 6.51. The number of ether oxygens (including phenoxy) is 1. The fourth-order valence-corrected chi connectivity index (χ4v) is 1.86. The molecule has 18 heavy (non-hydrogen) atoms. The highest BCUT2D eigenvalue weighted by Gasteiger charge is 2.23. The monoisotopic (exact) mass is 316 g/mol. The fourth-order valence-electron chi connectivity index (χ4n) is 1.50. The third-order valence-electron chi connectivity index (χ3n) is 2.41. The molecule has 0 aliphatic carbocycles. The third-order valence-corrected chi connectivity index (χ3v) is 2.81. The van der Waals surface area contributed by atoms with Crippen molar-refractivity contribution in [1.29, 1.82) is 0 Å². The molecule has 0 aromatic heterocycles. The number of aliphatic hydroxyl groups is 1. The van der Waals surface area contributed by atoms with E-state index in [-0.39, 0.29) is 23.3 Å². The Morgan fingerprint density at radius 2 is 2.11 bits per heavy atom. The Balaban J connectivity index is 3.24. The zero-order valence-corrected chi connectivity index (χ0v) is 11.3. The van der Waals surface area contributed by atoms with Crippen LogP contribution >= 0.6 is 15.9 Å². The van der Waals surface area contributed by atoms with Gasteiger partial charge in [-0.05, 0) is 18.2 Å². The zero-order chi connectivity index (χ0) is 13.7. The van der Waals surface area contributed by atoms with Gasteiger partial charge in [0.05, 0.1) is 7.11 Å². The van der Waals surface area contributed by atoms with E-state index in [9.17, 15) is 14.7 Å². The Hall–Kier alpha value is -1.40. The summed E-state index contributed by atoms with van der Waals surface area (Å²) in [6, 6.07) is 4.38. The number of aliphatic carboxylic acids is 1. The van der Waals surface area contributed by atoms with Crippen molar-refractivity contribution in [2.75, 3.05) is 12.4 Å². The van der Waals surface area contributed by atoms with Crippen LogP contribution in [0.25, 0.3) is 0 Å². The minimum atomic E-state index is -1.74. The van der Waals surface area contributed by atoms with Crippen molar-refractivity contribution >= 4 is 27.7 Å². The summed E-state index contributed by atoms with van der Waals surface area (Å²) in [5.74, 6) is -1.25. The highest BCUT2D eigenvalue weighted by Crippen LogP contribution is 2.25. The van der Waals surface area contributed by atoms with E-state index < -0.39 is 12.1 Å². The SMILES string of the molecule is COc1ccc(C(=O)CCBr)c(C(O)C(=O)O)c1. The predicted octanol–water partition coefficient (Wildman–Crippen LogP) is 1.78. The van der Waals surface area contributed by atoms with Crippen molar-refractivity contribution in [3.63, 3.8) is 0 Å². The van der Waals surface area contributed by atoms with E-state index >= 15 is 0 Å². The maximum absolute atomic E-state index is 11.8. The number of carboxylic acid groups (broad SMARTS) is 1. The first-order valence-corrected chi connectivity index (χ1v) is 6.31. The molecule has 98 valence electrons. The van der Waals surface area contributed by atoms with Crippen LogP contribution in [0.5, 0.6) is 5.75 Å². The van der Waals surface area contributed by atoms with E-state index in [1.165, 1.54) is 19.2 Å². The van der Waals surface area contributed by atoms with Crippen molar-refractivity contribution in [3.05, 3.63) is 29.3 Å². The minimum Gasteiger partial charge on any atom is -0.497 e. The van der Waals surface area contributed by atoms with Crippen LogP contribution in [0.3, 0.4) is 0 Å². The number of hydrogen-bond donors (Lipinski definition) is 2. The molecule has 1 atom stereocenters. The Morgan fingerprint density at radius 3 is 2.61 bits per heavy atom. The number of ketones is 1. The fraction of sp³-hybridized carbons (Fsp3) is 0.333. The summed E-state index contributed by atoms with van der Waals surface area (Å²) >= 11 is 3.14. The number of carbonyl (C=O) groups excluding carboxylic acids is 1. The Bertz CT molecular complexity index is 458. The minimum absolute atomic E-state index is 0.0489. The number of carbonyl (C=O) groups is 2. The molecule has 5 nitrogen and oxygen atoms in total. The van der Waals surface area contributed by atoms with E-state index in [1.807, 2.05) is 0 Å². The zero-order valence-electron chi connectivity index (χ0n) is 9.72. The molecule has 6 heteroatoms. The number of halogens is 1. The Morgan fingerprint density at radius 1 is 1.44 bits per heavy atom. The average molecular weight is 317 g/mol. The molecule has 0 bridgehead atoms. The molecular weight excluding hydrogens is 304 g/mol. The Kier molecular flexibility index (Phi) is 5.30. The van der Waals surface area contributed by atoms with Crippen molar-refractivity contribution < 1.29 is 24.5 Å². The first-order chi connectivity index (χ1) is 8.51. The molecule has 0 aliphatic heterocycles.